The van der Waals surface area contributed by atoms with Gasteiger partial charge in [-0.25, -0.2) is 4.39 Å². The van der Waals surface area contributed by atoms with Crippen molar-refractivity contribution >= 4 is 17.3 Å². The first-order chi connectivity index (χ1) is 8.74. The molecule has 92 valence electrons. The van der Waals surface area contributed by atoms with E-state index < -0.39 is 0 Å². The maximum atomic E-state index is 13.8. The smallest absolute Gasteiger partial charge is 0.145 e. The van der Waals surface area contributed by atoms with Gasteiger partial charge in [0.15, 0.2) is 0 Å². The summed E-state index contributed by atoms with van der Waals surface area (Å²) in [5.41, 5.74) is 3.13. The summed E-state index contributed by atoms with van der Waals surface area (Å²) >= 11 is 5.79. The zero-order chi connectivity index (χ0) is 12.5. The van der Waals surface area contributed by atoms with E-state index in [4.69, 9.17) is 11.6 Å². The van der Waals surface area contributed by atoms with Gasteiger partial charge in [0.2, 0.25) is 0 Å². The predicted octanol–water partition coefficient (Wildman–Crippen LogP) is 4.06. The molecule has 0 saturated carbocycles. The van der Waals surface area contributed by atoms with Crippen molar-refractivity contribution in [1.82, 2.24) is 0 Å². The van der Waals surface area contributed by atoms with Crippen molar-refractivity contribution in [3.8, 4) is 0 Å². The Balaban J connectivity index is 1.78. The second-order valence-electron chi connectivity index (χ2n) is 4.62. The number of nitrogens with one attached hydrogen (secondary N) is 1. The van der Waals surface area contributed by atoms with Gasteiger partial charge in [0.1, 0.15) is 5.82 Å². The van der Waals surface area contributed by atoms with Gasteiger partial charge in [-0.3, -0.25) is 0 Å². The van der Waals surface area contributed by atoms with Gasteiger partial charge in [-0.05, 0) is 36.1 Å². The van der Waals surface area contributed by atoms with Gasteiger partial charge in [-0.2, -0.15) is 0 Å². The van der Waals surface area contributed by atoms with Crippen molar-refractivity contribution < 1.29 is 4.39 Å². The van der Waals surface area contributed by atoms with Crippen LogP contribution < -0.4 is 5.32 Å². The minimum Gasteiger partial charge on any atom is -0.381 e. The van der Waals surface area contributed by atoms with Crippen molar-refractivity contribution in [2.75, 3.05) is 5.32 Å². The predicted molar refractivity (Wildman–Crippen MR) is 72.7 cm³/mol. The normalized spacial score (nSPS) is 17.3. The van der Waals surface area contributed by atoms with Crippen LogP contribution in [0.2, 0.25) is 5.02 Å². The molecule has 0 radical (unpaired) electrons. The van der Waals surface area contributed by atoms with Gasteiger partial charge in [-0.15, -0.1) is 0 Å². The van der Waals surface area contributed by atoms with Crippen molar-refractivity contribution in [3.05, 3.63) is 64.4 Å². The Morgan fingerprint density at radius 2 is 2.00 bits per heavy atom. The molecule has 1 heterocycles. The molecule has 1 N–H and O–H groups in total. The molecule has 0 saturated heterocycles. The van der Waals surface area contributed by atoms with Crippen LogP contribution in [0.3, 0.4) is 0 Å². The van der Waals surface area contributed by atoms with Gasteiger partial charge in [0.25, 0.3) is 0 Å². The van der Waals surface area contributed by atoms with E-state index in [9.17, 15) is 4.39 Å². The Morgan fingerprint density at radius 3 is 2.83 bits per heavy atom. The van der Waals surface area contributed by atoms with E-state index in [-0.39, 0.29) is 16.9 Å². The monoisotopic (exact) mass is 261 g/mol. The molecule has 18 heavy (non-hydrogen) atoms. The van der Waals surface area contributed by atoms with Gasteiger partial charge < -0.3 is 5.32 Å². The van der Waals surface area contributed by atoms with Crippen LogP contribution in [0.25, 0.3) is 0 Å². The lowest BCUT2D eigenvalue weighted by Gasteiger charge is -2.12. The van der Waals surface area contributed by atoms with Crippen LogP contribution in [-0.2, 0) is 12.8 Å². The quantitative estimate of drug-likeness (QED) is 0.860. The highest BCUT2D eigenvalue weighted by molar-refractivity contribution is 6.30. The number of anilines is 1. The van der Waals surface area contributed by atoms with Gasteiger partial charge >= 0.3 is 0 Å². The summed E-state index contributed by atoms with van der Waals surface area (Å²) in [7, 11) is 0. The second kappa shape index (κ2) is 4.62. The molecule has 1 aliphatic heterocycles. The van der Waals surface area contributed by atoms with Gasteiger partial charge in [-0.1, -0.05) is 41.9 Å². The average molecular weight is 262 g/mol. The first-order valence-corrected chi connectivity index (χ1v) is 6.39. The number of fused-ring (bicyclic) bond motifs is 1. The highest BCUT2D eigenvalue weighted by Crippen LogP contribution is 2.28. The maximum Gasteiger partial charge on any atom is 0.145 e. The third-order valence-corrected chi connectivity index (χ3v) is 3.63. The lowest BCUT2D eigenvalue weighted by atomic mass is 10.0. The van der Waals surface area contributed by atoms with Crippen LogP contribution in [0, 0.1) is 5.82 Å². The lowest BCUT2D eigenvalue weighted by Crippen LogP contribution is -2.19. The largest absolute Gasteiger partial charge is 0.381 e. The fourth-order valence-electron chi connectivity index (χ4n) is 2.47. The minimum absolute atomic E-state index is 0.197. The molecule has 0 spiro atoms. The molecule has 1 unspecified atom stereocenters. The molecule has 3 heteroatoms. The van der Waals surface area contributed by atoms with E-state index in [1.165, 1.54) is 5.56 Å². The summed E-state index contributed by atoms with van der Waals surface area (Å²) in [5, 5.41) is 3.62. The zero-order valence-electron chi connectivity index (χ0n) is 9.79. The fourth-order valence-corrected chi connectivity index (χ4v) is 2.66. The standard InChI is InChI=1S/C15H13ClFN/c16-13-6-3-5-11(15(13)17)9-12-8-10-4-1-2-7-14(10)18-12/h1-7,12,18H,8-9H2. The summed E-state index contributed by atoms with van der Waals surface area (Å²) in [6.07, 6.45) is 1.59. The van der Waals surface area contributed by atoms with Crippen LogP contribution in [0.15, 0.2) is 42.5 Å². The molecular formula is C15H13ClFN. The second-order valence-corrected chi connectivity index (χ2v) is 5.03. The van der Waals surface area contributed by atoms with Gasteiger partial charge in [0, 0.05) is 11.7 Å². The number of para-hydroxylation sites is 1. The third-order valence-electron chi connectivity index (χ3n) is 3.34. The molecule has 1 aliphatic rings. The van der Waals surface area contributed by atoms with Crippen LogP contribution in [-0.4, -0.2) is 6.04 Å². The van der Waals surface area contributed by atoms with E-state index in [2.05, 4.69) is 17.4 Å². The Labute approximate surface area is 111 Å². The first-order valence-electron chi connectivity index (χ1n) is 6.01. The molecule has 0 bridgehead atoms. The Hall–Kier alpha value is -1.54. The number of halogens is 2. The van der Waals surface area contributed by atoms with Crippen molar-refractivity contribution in [3.63, 3.8) is 0 Å². The summed E-state index contributed by atoms with van der Waals surface area (Å²) in [6.45, 7) is 0. The molecule has 0 aromatic heterocycles. The summed E-state index contributed by atoms with van der Waals surface area (Å²) in [5.74, 6) is -0.295. The van der Waals surface area contributed by atoms with E-state index in [1.54, 1.807) is 18.2 Å². The van der Waals surface area contributed by atoms with Crippen LogP contribution in [0.1, 0.15) is 11.1 Å². The van der Waals surface area contributed by atoms with E-state index in [0.29, 0.717) is 12.0 Å². The maximum absolute atomic E-state index is 13.8. The number of benzene rings is 2. The fraction of sp³-hybridized carbons (Fsp3) is 0.200. The molecule has 0 fully saturated rings. The van der Waals surface area contributed by atoms with Crippen molar-refractivity contribution in [2.45, 2.75) is 18.9 Å². The van der Waals surface area contributed by atoms with Crippen LogP contribution in [0.4, 0.5) is 10.1 Å². The molecule has 0 aliphatic carbocycles. The van der Waals surface area contributed by atoms with Gasteiger partial charge in [0.05, 0.1) is 5.02 Å². The van der Waals surface area contributed by atoms with E-state index >= 15 is 0 Å². The van der Waals surface area contributed by atoms with Crippen molar-refractivity contribution in [2.24, 2.45) is 0 Å². The topological polar surface area (TPSA) is 12.0 Å². The Morgan fingerprint density at radius 1 is 1.17 bits per heavy atom. The lowest BCUT2D eigenvalue weighted by molar-refractivity contribution is 0.598. The summed E-state index contributed by atoms with van der Waals surface area (Å²) < 4.78 is 13.8. The van der Waals surface area contributed by atoms with Crippen LogP contribution >= 0.6 is 11.6 Å². The Kier molecular flexibility index (Phi) is 2.96. The highest BCUT2D eigenvalue weighted by Gasteiger charge is 2.21. The summed E-state index contributed by atoms with van der Waals surface area (Å²) in [6, 6.07) is 13.6. The molecule has 1 atom stereocenters. The zero-order valence-corrected chi connectivity index (χ0v) is 10.5. The van der Waals surface area contributed by atoms with E-state index in [1.807, 2.05) is 12.1 Å². The SMILES string of the molecule is Fc1c(Cl)cccc1CC1Cc2ccccc2N1. The van der Waals surface area contributed by atoms with Crippen LogP contribution in [0.5, 0.6) is 0 Å². The number of hydrogen-bond acceptors (Lipinski definition) is 1. The average Bonchev–Trinajstić information content (AvgIpc) is 2.77. The first kappa shape index (κ1) is 11.5. The van der Waals surface area contributed by atoms with E-state index in [0.717, 1.165) is 12.1 Å². The minimum atomic E-state index is -0.295. The number of hydrogen-bond donors (Lipinski definition) is 1. The molecule has 0 amide bonds. The highest BCUT2D eigenvalue weighted by atomic mass is 35.5. The Bertz CT molecular complexity index is 557. The van der Waals surface area contributed by atoms with Crippen molar-refractivity contribution in [1.29, 1.82) is 0 Å². The summed E-state index contributed by atoms with van der Waals surface area (Å²) in [4.78, 5) is 0. The molecular weight excluding hydrogens is 249 g/mol. The molecule has 1 nitrogen and oxygen atoms in total. The third kappa shape index (κ3) is 2.08. The molecule has 3 rings (SSSR count). The molecule has 2 aromatic carbocycles. The number of rotatable bonds is 2. The molecule has 2 aromatic rings.